The number of anilines is 2. The number of aromatic nitrogens is 6. The van der Waals surface area contributed by atoms with Crippen LogP contribution in [0.1, 0.15) is 0 Å². The zero-order valence-electron chi connectivity index (χ0n) is 11.7. The first-order chi connectivity index (χ1) is 11.1. The van der Waals surface area contributed by atoms with Gasteiger partial charge in [-0.05, 0) is 22.0 Å². The molecule has 4 aromatic rings. The molecule has 0 aliphatic carbocycles. The number of nitrogen functional groups attached to an aromatic ring is 2. The van der Waals surface area contributed by atoms with Crippen LogP contribution < -0.4 is 11.5 Å². The third-order valence-corrected chi connectivity index (χ3v) is 2.61. The molecule has 4 heterocycles. The van der Waals surface area contributed by atoms with Gasteiger partial charge in [-0.3, -0.25) is 5.10 Å². The van der Waals surface area contributed by atoms with Crippen molar-refractivity contribution in [3.8, 4) is 5.69 Å². The highest BCUT2D eigenvalue weighted by atomic mass is 79.9. The molecule has 23 heavy (non-hydrogen) atoms. The van der Waals surface area contributed by atoms with E-state index in [-0.39, 0.29) is 0 Å². The van der Waals surface area contributed by atoms with Crippen molar-refractivity contribution in [2.24, 2.45) is 0 Å². The van der Waals surface area contributed by atoms with Crippen LogP contribution in [0, 0.1) is 0 Å². The number of hydrogen-bond acceptors (Lipinski definition) is 8. The summed E-state index contributed by atoms with van der Waals surface area (Å²) in [7, 11) is 0. The van der Waals surface area contributed by atoms with Gasteiger partial charge in [0, 0.05) is 12.3 Å². The lowest BCUT2D eigenvalue weighted by atomic mass is 10.6. The van der Waals surface area contributed by atoms with Gasteiger partial charge in [0.15, 0.2) is 0 Å². The SMILES string of the molecule is Brc1cnoc1.Nc1ccn(-c2cnoc2)n1.Nc1ccn[nH]1. The van der Waals surface area contributed by atoms with Crippen LogP contribution in [0.15, 0.2) is 63.0 Å². The second-order valence-corrected chi connectivity index (χ2v) is 4.84. The van der Waals surface area contributed by atoms with Gasteiger partial charge < -0.3 is 20.5 Å². The van der Waals surface area contributed by atoms with Crippen molar-refractivity contribution in [2.45, 2.75) is 0 Å². The number of rotatable bonds is 1. The van der Waals surface area contributed by atoms with Crippen LogP contribution in [0.5, 0.6) is 0 Å². The van der Waals surface area contributed by atoms with Crippen molar-refractivity contribution in [1.29, 1.82) is 0 Å². The molecule has 11 heteroatoms. The quantitative estimate of drug-likeness (QED) is 0.452. The van der Waals surface area contributed by atoms with Gasteiger partial charge in [0.25, 0.3) is 0 Å². The molecule has 10 nitrogen and oxygen atoms in total. The van der Waals surface area contributed by atoms with E-state index < -0.39 is 0 Å². The fourth-order valence-corrected chi connectivity index (χ4v) is 1.42. The highest BCUT2D eigenvalue weighted by Crippen LogP contribution is 2.05. The smallest absolute Gasteiger partial charge is 0.149 e. The van der Waals surface area contributed by atoms with Crippen LogP contribution in [0.2, 0.25) is 0 Å². The van der Waals surface area contributed by atoms with E-state index in [9.17, 15) is 0 Å². The number of nitrogens with one attached hydrogen (secondary N) is 1. The van der Waals surface area contributed by atoms with Gasteiger partial charge in [-0.1, -0.05) is 10.3 Å². The fraction of sp³-hybridized carbons (Fsp3) is 0. The molecular weight excluding hydrogens is 368 g/mol. The Hall–Kier alpha value is -3.08. The molecule has 0 aliphatic heterocycles. The summed E-state index contributed by atoms with van der Waals surface area (Å²) >= 11 is 3.12. The first-order valence-electron chi connectivity index (χ1n) is 6.16. The van der Waals surface area contributed by atoms with Crippen molar-refractivity contribution in [3.05, 3.63) is 53.9 Å². The number of nitrogens with zero attached hydrogens (tertiary/aromatic N) is 5. The minimum atomic E-state index is 0.478. The molecule has 0 fully saturated rings. The molecule has 0 atom stereocenters. The van der Waals surface area contributed by atoms with Gasteiger partial charge in [-0.2, -0.15) is 10.2 Å². The number of halogens is 1. The molecule has 0 saturated heterocycles. The molecular formula is C12H13BrN8O2. The average Bonchev–Trinajstić information content (AvgIpc) is 3.26. The van der Waals surface area contributed by atoms with Crippen LogP contribution in [-0.2, 0) is 0 Å². The van der Waals surface area contributed by atoms with Gasteiger partial charge in [-0.15, -0.1) is 0 Å². The van der Waals surface area contributed by atoms with Crippen LogP contribution in [0.25, 0.3) is 5.69 Å². The summed E-state index contributed by atoms with van der Waals surface area (Å²) in [4.78, 5) is 0. The number of hydrogen-bond donors (Lipinski definition) is 3. The summed E-state index contributed by atoms with van der Waals surface area (Å²) in [6, 6.07) is 3.40. The van der Waals surface area contributed by atoms with Gasteiger partial charge in [-0.25, -0.2) is 4.68 Å². The Bertz CT molecular complexity index is 732. The van der Waals surface area contributed by atoms with E-state index in [1.165, 1.54) is 12.5 Å². The Balaban J connectivity index is 0.000000136. The topological polar surface area (TPSA) is 151 Å². The van der Waals surface area contributed by atoms with Gasteiger partial charge in [0.2, 0.25) is 0 Å². The minimum Gasteiger partial charge on any atom is -0.384 e. The second kappa shape index (κ2) is 8.38. The summed E-state index contributed by atoms with van der Waals surface area (Å²) in [6.45, 7) is 0. The molecule has 0 unspecified atom stereocenters. The predicted molar refractivity (Wildman–Crippen MR) is 85.2 cm³/mol. The standard InChI is InChI=1S/C6H6N4O.C3H2BrNO.C3H5N3/c7-6-1-2-10(9-6)5-3-8-11-4-5;4-3-1-5-6-2-3;4-3-1-2-5-6-3/h1-4H,(H2,7,9);1-2H;1-2H,(H3,4,5,6). The maximum absolute atomic E-state index is 5.40. The molecule has 0 radical (unpaired) electrons. The first-order valence-corrected chi connectivity index (χ1v) is 6.95. The Morgan fingerprint density at radius 2 is 1.87 bits per heavy atom. The fourth-order valence-electron chi connectivity index (χ4n) is 1.25. The molecule has 120 valence electrons. The summed E-state index contributed by atoms with van der Waals surface area (Å²) in [5, 5.41) is 17.0. The van der Waals surface area contributed by atoms with Crippen LogP contribution in [-0.4, -0.2) is 30.3 Å². The summed E-state index contributed by atoms with van der Waals surface area (Å²) in [5.74, 6) is 1.08. The first kappa shape index (κ1) is 16.3. The number of nitrogens with two attached hydrogens (primary N) is 2. The number of aromatic amines is 1. The Labute approximate surface area is 138 Å². The molecule has 0 spiro atoms. The van der Waals surface area contributed by atoms with E-state index in [0.29, 0.717) is 11.6 Å². The predicted octanol–water partition coefficient (Wildman–Crippen LogP) is 1.87. The molecule has 0 aromatic carbocycles. The second-order valence-electron chi connectivity index (χ2n) is 3.92. The normalized spacial score (nSPS) is 9.43. The summed E-state index contributed by atoms with van der Waals surface area (Å²) in [5.41, 5.74) is 11.3. The van der Waals surface area contributed by atoms with E-state index in [4.69, 9.17) is 11.5 Å². The largest absolute Gasteiger partial charge is 0.384 e. The average molecular weight is 381 g/mol. The summed E-state index contributed by atoms with van der Waals surface area (Å²) in [6.07, 6.45) is 9.50. The van der Waals surface area contributed by atoms with Crippen LogP contribution in [0.4, 0.5) is 11.6 Å². The maximum atomic E-state index is 5.40. The molecule has 4 aromatic heterocycles. The molecule has 0 aliphatic rings. The maximum Gasteiger partial charge on any atom is 0.149 e. The van der Waals surface area contributed by atoms with E-state index in [0.717, 1.165) is 10.2 Å². The van der Waals surface area contributed by atoms with Gasteiger partial charge in [0.1, 0.15) is 29.8 Å². The van der Waals surface area contributed by atoms with Crippen LogP contribution in [0.3, 0.4) is 0 Å². The van der Waals surface area contributed by atoms with Gasteiger partial charge in [0.05, 0.1) is 23.1 Å². The zero-order valence-corrected chi connectivity index (χ0v) is 13.3. The molecule has 0 bridgehead atoms. The molecule has 0 saturated carbocycles. The lowest BCUT2D eigenvalue weighted by molar-refractivity contribution is 0.419. The Morgan fingerprint density at radius 3 is 2.22 bits per heavy atom. The van der Waals surface area contributed by atoms with Crippen molar-refractivity contribution >= 4 is 27.6 Å². The molecule has 5 N–H and O–H groups in total. The van der Waals surface area contributed by atoms with Crippen molar-refractivity contribution in [3.63, 3.8) is 0 Å². The van der Waals surface area contributed by atoms with E-state index >= 15 is 0 Å². The Kier molecular flexibility index (Phi) is 5.94. The van der Waals surface area contributed by atoms with Gasteiger partial charge >= 0.3 is 0 Å². The molecule has 0 amide bonds. The minimum absolute atomic E-state index is 0.478. The zero-order chi connectivity index (χ0) is 16.5. The highest BCUT2D eigenvalue weighted by molar-refractivity contribution is 9.10. The van der Waals surface area contributed by atoms with E-state index in [1.807, 2.05) is 0 Å². The highest BCUT2D eigenvalue weighted by Gasteiger charge is 1.98. The van der Waals surface area contributed by atoms with Crippen molar-refractivity contribution in [1.82, 2.24) is 30.3 Å². The lowest BCUT2D eigenvalue weighted by Crippen LogP contribution is -1.93. The Morgan fingerprint density at radius 1 is 1.09 bits per heavy atom. The van der Waals surface area contributed by atoms with E-state index in [1.54, 1.807) is 41.6 Å². The third kappa shape index (κ3) is 5.67. The number of H-pyrrole nitrogens is 1. The van der Waals surface area contributed by atoms with Crippen molar-refractivity contribution in [2.75, 3.05) is 11.5 Å². The van der Waals surface area contributed by atoms with Crippen molar-refractivity contribution < 1.29 is 9.05 Å². The third-order valence-electron chi connectivity index (χ3n) is 2.22. The monoisotopic (exact) mass is 380 g/mol. The van der Waals surface area contributed by atoms with E-state index in [2.05, 4.69) is 50.6 Å². The van der Waals surface area contributed by atoms with Crippen LogP contribution >= 0.6 is 15.9 Å². The summed E-state index contributed by atoms with van der Waals surface area (Å²) < 4.78 is 11.5. The lowest BCUT2D eigenvalue weighted by Gasteiger charge is -1.90. The molecule has 4 rings (SSSR count).